The molecule has 0 aliphatic carbocycles. The lowest BCUT2D eigenvalue weighted by Gasteiger charge is -2.12. The molecule has 1 heterocycles. The van der Waals surface area contributed by atoms with Crippen LogP contribution in [0.1, 0.15) is 16.7 Å². The zero-order valence-corrected chi connectivity index (χ0v) is 11.9. The van der Waals surface area contributed by atoms with E-state index in [4.69, 9.17) is 15.2 Å². The number of nitrogens with two attached hydrogens (primary N) is 1. The van der Waals surface area contributed by atoms with Crippen molar-refractivity contribution in [1.29, 1.82) is 0 Å². The molecular formula is C16H20N2O2. The number of hydrogen-bond donors (Lipinski definition) is 1. The molecule has 2 N–H and O–H groups in total. The van der Waals surface area contributed by atoms with Gasteiger partial charge in [-0.2, -0.15) is 0 Å². The van der Waals surface area contributed by atoms with Gasteiger partial charge in [0, 0.05) is 24.0 Å². The first-order valence-electron chi connectivity index (χ1n) is 6.63. The van der Waals surface area contributed by atoms with Crippen molar-refractivity contribution in [3.8, 4) is 11.5 Å². The van der Waals surface area contributed by atoms with Gasteiger partial charge in [0.2, 0.25) is 0 Å². The van der Waals surface area contributed by atoms with E-state index in [1.165, 1.54) is 0 Å². The molecule has 0 radical (unpaired) electrons. The molecular weight excluding hydrogens is 252 g/mol. The van der Waals surface area contributed by atoms with Crippen LogP contribution in [0.2, 0.25) is 0 Å². The van der Waals surface area contributed by atoms with Crippen LogP contribution >= 0.6 is 0 Å². The second-order valence-electron chi connectivity index (χ2n) is 4.67. The third-order valence-corrected chi connectivity index (χ3v) is 3.01. The van der Waals surface area contributed by atoms with E-state index in [2.05, 4.69) is 11.1 Å². The summed E-state index contributed by atoms with van der Waals surface area (Å²) in [5, 5.41) is 0. The standard InChI is InChI=1S/C16H20N2O2/c1-12-7-13(10-18-9-12)11-20-16-8-15(19-2)4-3-14(16)5-6-17/h3-4,7-10H,5-6,11,17H2,1-2H3. The largest absolute Gasteiger partial charge is 0.497 e. The minimum atomic E-state index is 0.486. The summed E-state index contributed by atoms with van der Waals surface area (Å²) in [6, 6.07) is 7.88. The van der Waals surface area contributed by atoms with E-state index in [9.17, 15) is 0 Å². The van der Waals surface area contributed by atoms with Crippen molar-refractivity contribution in [2.24, 2.45) is 5.73 Å². The lowest BCUT2D eigenvalue weighted by atomic mass is 10.1. The topological polar surface area (TPSA) is 57.4 Å². The first kappa shape index (κ1) is 14.3. The highest BCUT2D eigenvalue weighted by Crippen LogP contribution is 2.26. The van der Waals surface area contributed by atoms with Gasteiger partial charge in [-0.1, -0.05) is 6.07 Å². The Balaban J connectivity index is 2.14. The van der Waals surface area contributed by atoms with Crippen molar-refractivity contribution in [2.45, 2.75) is 20.0 Å². The minimum Gasteiger partial charge on any atom is -0.497 e. The minimum absolute atomic E-state index is 0.486. The molecule has 0 aliphatic heterocycles. The van der Waals surface area contributed by atoms with Crippen LogP contribution in [0, 0.1) is 6.92 Å². The normalized spacial score (nSPS) is 10.3. The molecule has 0 saturated heterocycles. The third kappa shape index (κ3) is 3.71. The van der Waals surface area contributed by atoms with Gasteiger partial charge < -0.3 is 15.2 Å². The van der Waals surface area contributed by atoms with Crippen molar-refractivity contribution >= 4 is 0 Å². The maximum absolute atomic E-state index is 5.90. The fraction of sp³-hybridized carbons (Fsp3) is 0.312. The van der Waals surface area contributed by atoms with Crippen LogP contribution in [0.25, 0.3) is 0 Å². The highest BCUT2D eigenvalue weighted by Gasteiger charge is 2.06. The van der Waals surface area contributed by atoms with Crippen molar-refractivity contribution in [3.05, 3.63) is 53.3 Å². The van der Waals surface area contributed by atoms with E-state index in [0.717, 1.165) is 34.6 Å². The molecule has 1 aromatic carbocycles. The Morgan fingerprint density at radius 3 is 2.75 bits per heavy atom. The monoisotopic (exact) mass is 272 g/mol. The van der Waals surface area contributed by atoms with Gasteiger partial charge in [-0.15, -0.1) is 0 Å². The third-order valence-electron chi connectivity index (χ3n) is 3.01. The number of nitrogens with zero attached hydrogens (tertiary/aromatic N) is 1. The van der Waals surface area contributed by atoms with Crippen LogP contribution in [0.3, 0.4) is 0 Å². The van der Waals surface area contributed by atoms with Crippen LogP contribution in [-0.4, -0.2) is 18.6 Å². The number of aromatic nitrogens is 1. The fourth-order valence-electron chi connectivity index (χ4n) is 2.02. The molecule has 0 atom stereocenters. The van der Waals surface area contributed by atoms with Gasteiger partial charge in [-0.25, -0.2) is 0 Å². The zero-order valence-electron chi connectivity index (χ0n) is 11.9. The average Bonchev–Trinajstić information content (AvgIpc) is 2.46. The van der Waals surface area contributed by atoms with E-state index < -0.39 is 0 Å². The zero-order chi connectivity index (χ0) is 14.4. The molecule has 0 unspecified atom stereocenters. The highest BCUT2D eigenvalue weighted by atomic mass is 16.5. The van der Waals surface area contributed by atoms with E-state index in [1.807, 2.05) is 37.5 Å². The Morgan fingerprint density at radius 2 is 2.05 bits per heavy atom. The summed E-state index contributed by atoms with van der Waals surface area (Å²) < 4.78 is 11.1. The number of pyridine rings is 1. The Bertz CT molecular complexity index is 570. The van der Waals surface area contributed by atoms with Gasteiger partial charge in [0.1, 0.15) is 18.1 Å². The predicted molar refractivity (Wildman–Crippen MR) is 79.1 cm³/mol. The van der Waals surface area contributed by atoms with Crippen molar-refractivity contribution in [1.82, 2.24) is 4.98 Å². The Morgan fingerprint density at radius 1 is 1.20 bits per heavy atom. The van der Waals surface area contributed by atoms with Gasteiger partial charge in [-0.05, 0) is 43.1 Å². The molecule has 0 saturated carbocycles. The molecule has 0 bridgehead atoms. The number of hydrogen-bond acceptors (Lipinski definition) is 4. The molecule has 0 aliphatic rings. The quantitative estimate of drug-likeness (QED) is 0.877. The Kier molecular flexibility index (Phi) is 4.96. The fourth-order valence-corrected chi connectivity index (χ4v) is 2.02. The van der Waals surface area contributed by atoms with Gasteiger partial charge in [0.05, 0.1) is 7.11 Å². The van der Waals surface area contributed by atoms with Crippen LogP contribution in [-0.2, 0) is 13.0 Å². The lowest BCUT2D eigenvalue weighted by Crippen LogP contribution is -2.06. The molecule has 2 aromatic rings. The van der Waals surface area contributed by atoms with E-state index >= 15 is 0 Å². The average molecular weight is 272 g/mol. The smallest absolute Gasteiger partial charge is 0.126 e. The van der Waals surface area contributed by atoms with E-state index in [-0.39, 0.29) is 0 Å². The second kappa shape index (κ2) is 6.91. The summed E-state index contributed by atoms with van der Waals surface area (Å²) in [6.45, 7) is 3.09. The Hall–Kier alpha value is -2.07. The van der Waals surface area contributed by atoms with Crippen LogP contribution in [0.5, 0.6) is 11.5 Å². The van der Waals surface area contributed by atoms with Crippen LogP contribution < -0.4 is 15.2 Å². The van der Waals surface area contributed by atoms with Crippen molar-refractivity contribution in [3.63, 3.8) is 0 Å². The molecule has 1 aromatic heterocycles. The van der Waals surface area contributed by atoms with Crippen molar-refractivity contribution < 1.29 is 9.47 Å². The number of aryl methyl sites for hydroxylation is 1. The molecule has 2 rings (SSSR count). The molecule has 0 fully saturated rings. The number of ether oxygens (including phenoxy) is 2. The van der Waals surface area contributed by atoms with Gasteiger partial charge in [-0.3, -0.25) is 4.98 Å². The predicted octanol–water partition coefficient (Wildman–Crippen LogP) is 2.48. The summed E-state index contributed by atoms with van der Waals surface area (Å²) >= 11 is 0. The molecule has 20 heavy (non-hydrogen) atoms. The van der Waals surface area contributed by atoms with Gasteiger partial charge in [0.15, 0.2) is 0 Å². The summed E-state index contributed by atoms with van der Waals surface area (Å²) in [7, 11) is 1.65. The van der Waals surface area contributed by atoms with E-state index in [0.29, 0.717) is 13.2 Å². The Labute approximate surface area is 119 Å². The van der Waals surface area contributed by atoms with Gasteiger partial charge in [0.25, 0.3) is 0 Å². The first-order valence-corrected chi connectivity index (χ1v) is 6.63. The SMILES string of the molecule is COc1ccc(CCN)c(OCc2cncc(C)c2)c1. The summed E-state index contributed by atoms with van der Waals surface area (Å²) in [6.07, 6.45) is 4.43. The lowest BCUT2D eigenvalue weighted by molar-refractivity contribution is 0.300. The second-order valence-corrected chi connectivity index (χ2v) is 4.67. The van der Waals surface area contributed by atoms with Gasteiger partial charge >= 0.3 is 0 Å². The number of benzene rings is 1. The molecule has 0 amide bonds. The van der Waals surface area contributed by atoms with Crippen LogP contribution in [0.4, 0.5) is 0 Å². The summed E-state index contributed by atoms with van der Waals surface area (Å²) in [5.74, 6) is 1.60. The van der Waals surface area contributed by atoms with Crippen LogP contribution in [0.15, 0.2) is 36.7 Å². The maximum Gasteiger partial charge on any atom is 0.126 e. The first-order chi connectivity index (χ1) is 9.72. The summed E-state index contributed by atoms with van der Waals surface area (Å²) in [5.41, 5.74) is 8.89. The molecule has 4 nitrogen and oxygen atoms in total. The highest BCUT2D eigenvalue weighted by molar-refractivity contribution is 5.41. The van der Waals surface area contributed by atoms with E-state index in [1.54, 1.807) is 7.11 Å². The molecule has 106 valence electrons. The number of methoxy groups -OCH3 is 1. The molecule has 0 spiro atoms. The van der Waals surface area contributed by atoms with Crippen molar-refractivity contribution in [2.75, 3.05) is 13.7 Å². The number of rotatable bonds is 6. The summed E-state index contributed by atoms with van der Waals surface area (Å²) in [4.78, 5) is 4.16. The molecule has 4 heteroatoms. The maximum atomic E-state index is 5.90.